The van der Waals surface area contributed by atoms with Gasteiger partial charge in [0.2, 0.25) is 0 Å². The molecule has 0 saturated carbocycles. The van der Waals surface area contributed by atoms with Crippen LogP contribution in [0.25, 0.3) is 0 Å². The lowest BCUT2D eigenvalue weighted by Crippen LogP contribution is -2.41. The van der Waals surface area contributed by atoms with Crippen molar-refractivity contribution >= 4 is 45.9 Å². The van der Waals surface area contributed by atoms with Crippen LogP contribution in [0.15, 0.2) is 33.7 Å². The van der Waals surface area contributed by atoms with Gasteiger partial charge in [-0.3, -0.25) is 4.99 Å². The summed E-state index contributed by atoms with van der Waals surface area (Å²) in [5.41, 5.74) is 1.27. The first-order chi connectivity index (χ1) is 11.1. The minimum absolute atomic E-state index is 0. The highest BCUT2D eigenvalue weighted by atomic mass is 127. The molecule has 1 saturated heterocycles. The number of benzene rings is 1. The molecule has 2 rings (SSSR count). The first-order valence-electron chi connectivity index (χ1n) is 8.51. The van der Waals surface area contributed by atoms with Crippen molar-refractivity contribution in [3.05, 3.63) is 34.3 Å². The Kier molecular flexibility index (Phi) is 10.2. The molecule has 0 aromatic heterocycles. The lowest BCUT2D eigenvalue weighted by atomic mass is 10.1. The van der Waals surface area contributed by atoms with Gasteiger partial charge in [0.05, 0.1) is 0 Å². The molecule has 1 heterocycles. The van der Waals surface area contributed by atoms with E-state index in [0.717, 1.165) is 29.4 Å². The van der Waals surface area contributed by atoms with Crippen LogP contribution >= 0.6 is 39.9 Å². The summed E-state index contributed by atoms with van der Waals surface area (Å²) in [6.45, 7) is 7.79. The van der Waals surface area contributed by atoms with Crippen LogP contribution in [-0.4, -0.2) is 56.0 Å². The van der Waals surface area contributed by atoms with Crippen molar-refractivity contribution in [2.24, 2.45) is 10.9 Å². The van der Waals surface area contributed by atoms with E-state index in [2.05, 4.69) is 68.2 Å². The van der Waals surface area contributed by atoms with Gasteiger partial charge in [-0.1, -0.05) is 41.1 Å². The first kappa shape index (κ1) is 21.7. The summed E-state index contributed by atoms with van der Waals surface area (Å²) in [4.78, 5) is 9.18. The third-order valence-corrected chi connectivity index (χ3v) is 5.17. The highest BCUT2D eigenvalue weighted by Gasteiger charge is 2.22. The van der Waals surface area contributed by atoms with E-state index in [1.807, 2.05) is 13.1 Å². The van der Waals surface area contributed by atoms with Gasteiger partial charge in [0.15, 0.2) is 5.96 Å². The zero-order valence-electron chi connectivity index (χ0n) is 15.0. The molecule has 4 nitrogen and oxygen atoms in total. The van der Waals surface area contributed by atoms with E-state index in [0.29, 0.717) is 0 Å². The molecule has 1 fully saturated rings. The van der Waals surface area contributed by atoms with Crippen molar-refractivity contribution in [3.63, 3.8) is 0 Å². The highest BCUT2D eigenvalue weighted by molar-refractivity contribution is 14.0. The predicted octanol–water partition coefficient (Wildman–Crippen LogP) is 3.81. The van der Waals surface area contributed by atoms with Crippen molar-refractivity contribution in [1.29, 1.82) is 0 Å². The standard InChI is InChI=1S/C18H29BrN4.HI/c1-4-10-23-11-9-15(13-23)12-21-18(20-2)22(3)14-16-7-5-6-8-17(16)19;/h5-8,15H,4,9-14H2,1-3H3,(H,20,21);1H. The Labute approximate surface area is 172 Å². The minimum Gasteiger partial charge on any atom is -0.356 e. The number of nitrogens with zero attached hydrogens (tertiary/aromatic N) is 3. The van der Waals surface area contributed by atoms with E-state index < -0.39 is 0 Å². The van der Waals surface area contributed by atoms with E-state index in [4.69, 9.17) is 0 Å². The van der Waals surface area contributed by atoms with Gasteiger partial charge in [0, 0.05) is 38.2 Å². The monoisotopic (exact) mass is 508 g/mol. The molecule has 0 amide bonds. The Morgan fingerprint density at radius 2 is 2.17 bits per heavy atom. The predicted molar refractivity (Wildman–Crippen MR) is 117 cm³/mol. The summed E-state index contributed by atoms with van der Waals surface area (Å²) in [5, 5.41) is 3.55. The Morgan fingerprint density at radius 3 is 2.83 bits per heavy atom. The maximum atomic E-state index is 4.43. The number of hydrogen-bond acceptors (Lipinski definition) is 2. The summed E-state index contributed by atoms with van der Waals surface area (Å²) < 4.78 is 1.15. The number of hydrogen-bond donors (Lipinski definition) is 1. The summed E-state index contributed by atoms with van der Waals surface area (Å²) in [5.74, 6) is 1.70. The molecule has 0 radical (unpaired) electrons. The second-order valence-electron chi connectivity index (χ2n) is 6.33. The average Bonchev–Trinajstić information content (AvgIpc) is 2.98. The molecule has 1 atom stereocenters. The van der Waals surface area contributed by atoms with Crippen LogP contribution in [0.3, 0.4) is 0 Å². The second kappa shape index (κ2) is 11.3. The molecule has 1 aliphatic heterocycles. The lowest BCUT2D eigenvalue weighted by Gasteiger charge is -2.24. The van der Waals surface area contributed by atoms with Gasteiger partial charge < -0.3 is 15.1 Å². The highest BCUT2D eigenvalue weighted by Crippen LogP contribution is 2.18. The van der Waals surface area contributed by atoms with Crippen LogP contribution in [0, 0.1) is 5.92 Å². The summed E-state index contributed by atoms with van der Waals surface area (Å²) >= 11 is 3.62. The Bertz CT molecular complexity index is 523. The van der Waals surface area contributed by atoms with Gasteiger partial charge in [-0.05, 0) is 43.5 Å². The van der Waals surface area contributed by atoms with Gasteiger partial charge in [-0.25, -0.2) is 0 Å². The van der Waals surface area contributed by atoms with Crippen LogP contribution in [0.5, 0.6) is 0 Å². The van der Waals surface area contributed by atoms with Crippen LogP contribution in [0.1, 0.15) is 25.3 Å². The molecule has 6 heteroatoms. The molecule has 1 aromatic rings. The van der Waals surface area contributed by atoms with Crippen LogP contribution in [0.4, 0.5) is 0 Å². The molecular formula is C18H30BrIN4. The average molecular weight is 509 g/mol. The molecule has 0 bridgehead atoms. The number of nitrogens with one attached hydrogen (secondary N) is 1. The molecule has 1 aliphatic rings. The summed E-state index contributed by atoms with van der Waals surface area (Å²) in [7, 11) is 3.95. The number of likely N-dealkylation sites (tertiary alicyclic amines) is 1. The Morgan fingerprint density at radius 1 is 1.42 bits per heavy atom. The van der Waals surface area contributed by atoms with E-state index in [9.17, 15) is 0 Å². The minimum atomic E-state index is 0. The quantitative estimate of drug-likeness (QED) is 0.360. The van der Waals surface area contributed by atoms with E-state index >= 15 is 0 Å². The van der Waals surface area contributed by atoms with Gasteiger partial charge in [0.1, 0.15) is 0 Å². The number of rotatable bonds is 6. The molecule has 1 unspecified atom stereocenters. The fraction of sp³-hybridized carbons (Fsp3) is 0.611. The van der Waals surface area contributed by atoms with Gasteiger partial charge in [-0.2, -0.15) is 0 Å². The lowest BCUT2D eigenvalue weighted by molar-refractivity contribution is 0.324. The maximum absolute atomic E-state index is 4.43. The van der Waals surface area contributed by atoms with Crippen molar-refractivity contribution in [1.82, 2.24) is 15.1 Å². The Balaban J connectivity index is 0.00000288. The molecule has 136 valence electrons. The fourth-order valence-corrected chi connectivity index (χ4v) is 3.59. The normalized spacial score (nSPS) is 18.3. The number of halogens is 2. The second-order valence-corrected chi connectivity index (χ2v) is 7.19. The molecule has 1 N–H and O–H groups in total. The molecule has 0 aliphatic carbocycles. The van der Waals surface area contributed by atoms with Crippen LogP contribution < -0.4 is 5.32 Å². The van der Waals surface area contributed by atoms with E-state index in [1.54, 1.807) is 0 Å². The van der Waals surface area contributed by atoms with Gasteiger partial charge in [-0.15, -0.1) is 24.0 Å². The first-order valence-corrected chi connectivity index (χ1v) is 9.30. The van der Waals surface area contributed by atoms with Crippen LogP contribution in [0.2, 0.25) is 0 Å². The third kappa shape index (κ3) is 6.52. The van der Waals surface area contributed by atoms with E-state index in [-0.39, 0.29) is 24.0 Å². The smallest absolute Gasteiger partial charge is 0.193 e. The SMILES string of the molecule is CCCN1CCC(CNC(=NC)N(C)Cc2ccccc2Br)C1.I. The number of aliphatic imine (C=N–C) groups is 1. The van der Waals surface area contributed by atoms with E-state index in [1.165, 1.54) is 38.0 Å². The molecule has 1 aromatic carbocycles. The Hall–Kier alpha value is -0.340. The topological polar surface area (TPSA) is 30.9 Å². The third-order valence-electron chi connectivity index (χ3n) is 4.40. The van der Waals surface area contributed by atoms with Gasteiger partial charge >= 0.3 is 0 Å². The summed E-state index contributed by atoms with van der Waals surface area (Å²) in [6, 6.07) is 8.35. The molecular weight excluding hydrogens is 479 g/mol. The fourth-order valence-electron chi connectivity index (χ4n) is 3.18. The van der Waals surface area contributed by atoms with Crippen LogP contribution in [-0.2, 0) is 6.54 Å². The van der Waals surface area contributed by atoms with Gasteiger partial charge in [0.25, 0.3) is 0 Å². The number of guanidine groups is 1. The van der Waals surface area contributed by atoms with Crippen molar-refractivity contribution in [2.45, 2.75) is 26.3 Å². The maximum Gasteiger partial charge on any atom is 0.193 e. The molecule has 0 spiro atoms. The summed E-state index contributed by atoms with van der Waals surface area (Å²) in [6.07, 6.45) is 2.54. The molecule has 24 heavy (non-hydrogen) atoms. The zero-order chi connectivity index (χ0) is 16.7. The largest absolute Gasteiger partial charge is 0.356 e. The van der Waals surface area contributed by atoms with Crippen molar-refractivity contribution < 1.29 is 0 Å². The van der Waals surface area contributed by atoms with Crippen molar-refractivity contribution in [2.75, 3.05) is 40.3 Å². The van der Waals surface area contributed by atoms with Crippen molar-refractivity contribution in [3.8, 4) is 0 Å². The zero-order valence-corrected chi connectivity index (χ0v) is 18.9.